The van der Waals surface area contributed by atoms with Crippen LogP contribution in [0, 0.1) is 16.7 Å². The van der Waals surface area contributed by atoms with Crippen LogP contribution in [0.3, 0.4) is 0 Å². The maximum absolute atomic E-state index is 9.00. The zero-order valence-corrected chi connectivity index (χ0v) is 16.1. The van der Waals surface area contributed by atoms with Crippen molar-refractivity contribution in [1.29, 1.82) is 5.26 Å². The highest BCUT2D eigenvalue weighted by molar-refractivity contribution is 9.10. The van der Waals surface area contributed by atoms with Crippen LogP contribution >= 0.6 is 15.9 Å². The highest BCUT2D eigenvalue weighted by Gasteiger charge is 2.38. The molecule has 2 aromatic rings. The molecule has 128 valence electrons. The molecule has 0 radical (unpaired) electrons. The molecule has 6 heteroatoms. The second-order valence-corrected chi connectivity index (χ2v) is 8.30. The van der Waals surface area contributed by atoms with Gasteiger partial charge in [-0.1, -0.05) is 13.8 Å². The number of aromatic nitrogens is 1. The standard InChI is InChI=1S/C18H23BrN4O/c1-18(2)8-11(23(3)4)5-6-15(18)22-17-16(19)13-7-12(9-20)24-14(13)10-21-17/h7,10-11,15H,5-6,8H2,1-4H3,(H,21,22)/t11-,15+/m1/s1. The van der Waals surface area contributed by atoms with E-state index in [2.05, 4.69) is 59.1 Å². The van der Waals surface area contributed by atoms with Crippen molar-refractivity contribution >= 4 is 32.7 Å². The van der Waals surface area contributed by atoms with Crippen LogP contribution in [0.4, 0.5) is 5.82 Å². The van der Waals surface area contributed by atoms with Crippen molar-refractivity contribution in [3.05, 3.63) is 22.5 Å². The Morgan fingerprint density at radius 3 is 2.79 bits per heavy atom. The predicted octanol–water partition coefficient (Wildman–Crippen LogP) is 4.38. The smallest absolute Gasteiger partial charge is 0.204 e. The minimum atomic E-state index is 0.178. The molecule has 0 amide bonds. The molecular formula is C18H23BrN4O. The van der Waals surface area contributed by atoms with Crippen molar-refractivity contribution < 1.29 is 4.42 Å². The minimum absolute atomic E-state index is 0.178. The maximum atomic E-state index is 9.00. The summed E-state index contributed by atoms with van der Waals surface area (Å²) < 4.78 is 6.29. The van der Waals surface area contributed by atoms with E-state index in [9.17, 15) is 0 Å². The fourth-order valence-corrected chi connectivity index (χ4v) is 4.14. The predicted molar refractivity (Wildman–Crippen MR) is 98.9 cm³/mol. The van der Waals surface area contributed by atoms with Crippen molar-refractivity contribution in [3.8, 4) is 6.07 Å². The van der Waals surface area contributed by atoms with Gasteiger partial charge >= 0.3 is 0 Å². The van der Waals surface area contributed by atoms with Gasteiger partial charge in [0.15, 0.2) is 5.58 Å². The Morgan fingerprint density at radius 1 is 1.42 bits per heavy atom. The lowest BCUT2D eigenvalue weighted by Crippen LogP contribution is -2.47. The van der Waals surface area contributed by atoms with E-state index in [0.717, 1.165) is 28.5 Å². The van der Waals surface area contributed by atoms with E-state index in [1.54, 1.807) is 12.3 Å². The number of hydrogen-bond donors (Lipinski definition) is 1. The summed E-state index contributed by atoms with van der Waals surface area (Å²) in [6.07, 6.45) is 5.12. The summed E-state index contributed by atoms with van der Waals surface area (Å²) in [5, 5.41) is 13.5. The van der Waals surface area contributed by atoms with E-state index >= 15 is 0 Å². The number of nitrogens with zero attached hydrogens (tertiary/aromatic N) is 3. The molecule has 0 aromatic carbocycles. The molecule has 2 heterocycles. The van der Waals surface area contributed by atoms with Crippen LogP contribution in [0.1, 0.15) is 38.9 Å². The summed E-state index contributed by atoms with van der Waals surface area (Å²) >= 11 is 3.62. The van der Waals surface area contributed by atoms with Gasteiger partial charge in [-0.15, -0.1) is 0 Å². The molecule has 0 unspecified atom stereocenters. The van der Waals surface area contributed by atoms with Crippen molar-refractivity contribution in [3.63, 3.8) is 0 Å². The van der Waals surface area contributed by atoms with Gasteiger partial charge in [-0.05, 0) is 54.7 Å². The molecule has 24 heavy (non-hydrogen) atoms. The molecule has 0 saturated heterocycles. The maximum Gasteiger partial charge on any atom is 0.204 e. The number of halogens is 1. The summed E-state index contributed by atoms with van der Waals surface area (Å²) in [5.41, 5.74) is 0.803. The topological polar surface area (TPSA) is 65.1 Å². The molecule has 3 rings (SSSR count). The number of fused-ring (bicyclic) bond motifs is 1. The highest BCUT2D eigenvalue weighted by atomic mass is 79.9. The second kappa shape index (κ2) is 6.38. The number of furan rings is 1. The quantitative estimate of drug-likeness (QED) is 0.841. The van der Waals surface area contributed by atoms with E-state index < -0.39 is 0 Å². The highest BCUT2D eigenvalue weighted by Crippen LogP contribution is 2.40. The van der Waals surface area contributed by atoms with E-state index in [-0.39, 0.29) is 5.41 Å². The molecular weight excluding hydrogens is 368 g/mol. The summed E-state index contributed by atoms with van der Waals surface area (Å²) in [4.78, 5) is 6.82. The van der Waals surface area contributed by atoms with Gasteiger partial charge in [0.05, 0.1) is 10.7 Å². The first-order valence-electron chi connectivity index (χ1n) is 8.23. The third-order valence-corrected chi connectivity index (χ3v) is 5.96. The average Bonchev–Trinajstić information content (AvgIpc) is 2.95. The molecule has 1 N–H and O–H groups in total. The van der Waals surface area contributed by atoms with E-state index in [1.165, 1.54) is 6.42 Å². The fraction of sp³-hybridized carbons (Fsp3) is 0.556. The Labute approximate surface area is 151 Å². The summed E-state index contributed by atoms with van der Waals surface area (Å²) in [6.45, 7) is 4.64. The van der Waals surface area contributed by atoms with Crippen LogP contribution < -0.4 is 5.32 Å². The fourth-order valence-electron chi connectivity index (χ4n) is 3.61. The van der Waals surface area contributed by atoms with Gasteiger partial charge in [-0.25, -0.2) is 4.98 Å². The molecule has 1 fully saturated rings. The van der Waals surface area contributed by atoms with Gasteiger partial charge in [0, 0.05) is 23.5 Å². The monoisotopic (exact) mass is 390 g/mol. The van der Waals surface area contributed by atoms with Crippen molar-refractivity contribution in [2.75, 3.05) is 19.4 Å². The normalized spacial score (nSPS) is 23.4. The lowest BCUT2D eigenvalue weighted by molar-refractivity contribution is 0.119. The summed E-state index contributed by atoms with van der Waals surface area (Å²) in [5.74, 6) is 1.12. The number of rotatable bonds is 3. The molecule has 0 spiro atoms. The lowest BCUT2D eigenvalue weighted by Gasteiger charge is -2.45. The minimum Gasteiger partial charge on any atom is -0.444 e. The zero-order chi connectivity index (χ0) is 17.5. The molecule has 2 aromatic heterocycles. The van der Waals surface area contributed by atoms with Crippen LogP contribution in [-0.4, -0.2) is 36.1 Å². The van der Waals surface area contributed by atoms with Crippen molar-refractivity contribution in [2.24, 2.45) is 5.41 Å². The molecule has 1 saturated carbocycles. The number of hydrogen-bond acceptors (Lipinski definition) is 5. The SMILES string of the molecule is CN(C)[C@@H]1CC[C@H](Nc2ncc3oc(C#N)cc3c2Br)C(C)(C)C1. The molecule has 2 atom stereocenters. The Hall–Kier alpha value is -1.58. The molecule has 1 aliphatic carbocycles. The van der Waals surface area contributed by atoms with E-state index in [4.69, 9.17) is 9.68 Å². The summed E-state index contributed by atoms with van der Waals surface area (Å²) in [6, 6.07) is 4.77. The van der Waals surface area contributed by atoms with Crippen molar-refractivity contribution in [2.45, 2.75) is 45.2 Å². The van der Waals surface area contributed by atoms with Crippen LogP contribution in [0.25, 0.3) is 11.0 Å². The largest absolute Gasteiger partial charge is 0.444 e. The van der Waals surface area contributed by atoms with Crippen molar-refractivity contribution in [1.82, 2.24) is 9.88 Å². The molecule has 1 aliphatic rings. The Balaban J connectivity index is 1.85. The Morgan fingerprint density at radius 2 is 2.17 bits per heavy atom. The first-order chi connectivity index (χ1) is 11.3. The molecule has 0 aliphatic heterocycles. The molecule has 5 nitrogen and oxygen atoms in total. The first kappa shape index (κ1) is 17.2. The summed E-state index contributed by atoms with van der Waals surface area (Å²) in [7, 11) is 4.32. The third kappa shape index (κ3) is 3.15. The van der Waals surface area contributed by atoms with Gasteiger partial charge in [0.25, 0.3) is 0 Å². The number of nitrogens with one attached hydrogen (secondary N) is 1. The number of anilines is 1. The van der Waals surface area contributed by atoms with Crippen LogP contribution in [0.15, 0.2) is 21.2 Å². The Kier molecular flexibility index (Phi) is 4.58. The van der Waals surface area contributed by atoms with Crippen LogP contribution in [0.2, 0.25) is 0 Å². The number of nitriles is 1. The third-order valence-electron chi connectivity index (χ3n) is 5.16. The van der Waals surface area contributed by atoms with Crippen LogP contribution in [-0.2, 0) is 0 Å². The Bertz CT molecular complexity index is 790. The van der Waals surface area contributed by atoms with E-state index in [1.807, 2.05) is 6.07 Å². The lowest BCUT2D eigenvalue weighted by atomic mass is 9.71. The second-order valence-electron chi connectivity index (χ2n) is 7.51. The van der Waals surface area contributed by atoms with Gasteiger partial charge < -0.3 is 14.6 Å². The van der Waals surface area contributed by atoms with Gasteiger partial charge in [-0.3, -0.25) is 0 Å². The van der Waals surface area contributed by atoms with E-state index in [0.29, 0.717) is 23.4 Å². The average molecular weight is 391 g/mol. The van der Waals surface area contributed by atoms with Gasteiger partial charge in [0.2, 0.25) is 5.76 Å². The first-order valence-corrected chi connectivity index (χ1v) is 9.02. The van der Waals surface area contributed by atoms with Gasteiger partial charge in [0.1, 0.15) is 11.9 Å². The number of pyridine rings is 1. The molecule has 0 bridgehead atoms. The zero-order valence-electron chi connectivity index (χ0n) is 14.6. The van der Waals surface area contributed by atoms with Gasteiger partial charge in [-0.2, -0.15) is 5.26 Å². The van der Waals surface area contributed by atoms with Crippen LogP contribution in [0.5, 0.6) is 0 Å².